The lowest BCUT2D eigenvalue weighted by Crippen LogP contribution is -2.33. The number of aryl methyl sites for hydroxylation is 1. The highest BCUT2D eigenvalue weighted by Crippen LogP contribution is 2.33. The second kappa shape index (κ2) is 24.2. The molecule has 0 aliphatic carbocycles. The molecule has 4 rings (SSSR count). The van der Waals surface area contributed by atoms with Crippen molar-refractivity contribution in [1.82, 2.24) is 15.2 Å². The molecule has 0 radical (unpaired) electrons. The van der Waals surface area contributed by atoms with Crippen LogP contribution in [0, 0.1) is 5.82 Å². The Kier molecular flexibility index (Phi) is 20.5. The van der Waals surface area contributed by atoms with E-state index in [4.69, 9.17) is 23.1 Å². The van der Waals surface area contributed by atoms with E-state index in [1.54, 1.807) is 12.1 Å². The standard InChI is InChI=1S/C38H51ClFN7.C3H6.C2H4/c1-5-9-36(47(20-8-18-43-3)21-17-28-12-7-19-44-25-28)30-13-15-32(16-14-30)46(4)26-31-24-35(45-38(31)42)33-22-29(11-6-10-27(2)41)23-34(39)37(33)40;1-3-2;1-2/h7,12-16,19,22-27,36,43H,5-6,8-11,17-18,20-21,41H2,1-4H3,(H2,42,45);3H,1H2,2H3;1-2H2/b31-26-;;. The van der Waals surface area contributed by atoms with Crippen molar-refractivity contribution >= 4 is 28.8 Å². The number of nitrogens with two attached hydrogens (primary N) is 2. The van der Waals surface area contributed by atoms with Gasteiger partial charge in [0.1, 0.15) is 5.84 Å². The lowest BCUT2D eigenvalue weighted by molar-refractivity contribution is 0.186. The van der Waals surface area contributed by atoms with Crippen molar-refractivity contribution in [3.63, 3.8) is 0 Å². The Morgan fingerprint density at radius 2 is 1.75 bits per heavy atom. The van der Waals surface area contributed by atoms with Crippen LogP contribution in [0.25, 0.3) is 5.70 Å². The van der Waals surface area contributed by atoms with Crippen LogP contribution in [0.15, 0.2) is 110 Å². The van der Waals surface area contributed by atoms with Crippen molar-refractivity contribution in [2.45, 2.75) is 77.8 Å². The highest BCUT2D eigenvalue weighted by molar-refractivity contribution is 6.31. The number of nitrogens with zero attached hydrogens (tertiary/aromatic N) is 4. The number of aromatic nitrogens is 1. The van der Waals surface area contributed by atoms with Gasteiger partial charge in [-0.3, -0.25) is 9.88 Å². The van der Waals surface area contributed by atoms with Gasteiger partial charge < -0.3 is 21.7 Å². The monoisotopic (exact) mass is 729 g/mol. The molecule has 0 bridgehead atoms. The fourth-order valence-electron chi connectivity index (χ4n) is 6.04. The molecule has 7 nitrogen and oxygen atoms in total. The van der Waals surface area contributed by atoms with Crippen molar-refractivity contribution in [1.29, 1.82) is 0 Å². The van der Waals surface area contributed by atoms with Crippen LogP contribution in [0.1, 0.15) is 81.2 Å². The molecule has 2 heterocycles. The van der Waals surface area contributed by atoms with Gasteiger partial charge in [-0.2, -0.15) is 0 Å². The van der Waals surface area contributed by atoms with E-state index in [0.29, 0.717) is 23.1 Å². The number of benzene rings is 2. The molecule has 1 aliphatic rings. The van der Waals surface area contributed by atoms with Crippen molar-refractivity contribution in [2.24, 2.45) is 16.5 Å². The first-order valence-corrected chi connectivity index (χ1v) is 18.7. The summed E-state index contributed by atoms with van der Waals surface area (Å²) in [6.07, 6.45) is 16.1. The summed E-state index contributed by atoms with van der Waals surface area (Å²) in [5.41, 5.74) is 18.3. The molecule has 52 heavy (non-hydrogen) atoms. The zero-order valence-corrected chi connectivity index (χ0v) is 32.8. The van der Waals surface area contributed by atoms with Crippen LogP contribution >= 0.6 is 11.6 Å². The second-order valence-corrected chi connectivity index (χ2v) is 13.3. The van der Waals surface area contributed by atoms with Crippen LogP contribution in [0.5, 0.6) is 0 Å². The van der Waals surface area contributed by atoms with Gasteiger partial charge in [-0.1, -0.05) is 49.2 Å². The number of anilines is 1. The zero-order valence-electron chi connectivity index (χ0n) is 32.1. The largest absolute Gasteiger partial charge is 0.383 e. The maximum absolute atomic E-state index is 15.2. The van der Waals surface area contributed by atoms with Gasteiger partial charge in [-0.05, 0) is 126 Å². The van der Waals surface area contributed by atoms with E-state index in [9.17, 15) is 0 Å². The molecule has 3 aromatic rings. The highest BCUT2D eigenvalue weighted by Gasteiger charge is 2.21. The summed E-state index contributed by atoms with van der Waals surface area (Å²) < 4.78 is 15.2. The van der Waals surface area contributed by atoms with Gasteiger partial charge in [0.15, 0.2) is 5.82 Å². The molecule has 2 aromatic carbocycles. The number of allylic oxidation sites excluding steroid dienone is 1. The summed E-state index contributed by atoms with van der Waals surface area (Å²) in [4.78, 5) is 13.5. The van der Waals surface area contributed by atoms with E-state index >= 15 is 4.39 Å². The number of rotatable bonds is 18. The topological polar surface area (TPSA) is 95.8 Å². The van der Waals surface area contributed by atoms with Crippen molar-refractivity contribution in [2.75, 3.05) is 38.6 Å². The van der Waals surface area contributed by atoms with E-state index in [0.717, 1.165) is 81.4 Å². The maximum atomic E-state index is 15.2. The van der Waals surface area contributed by atoms with Gasteiger partial charge in [0.25, 0.3) is 0 Å². The van der Waals surface area contributed by atoms with Gasteiger partial charge in [-0.25, -0.2) is 9.38 Å². The van der Waals surface area contributed by atoms with E-state index < -0.39 is 5.82 Å². The minimum absolute atomic E-state index is 0.0849. The molecule has 2 atom stereocenters. The first-order chi connectivity index (χ1) is 25.1. The average molecular weight is 730 g/mol. The first kappa shape index (κ1) is 44.1. The molecule has 0 fully saturated rings. The summed E-state index contributed by atoms with van der Waals surface area (Å²) in [5, 5.41) is 3.38. The average Bonchev–Trinajstić information content (AvgIpc) is 3.50. The third-order valence-electron chi connectivity index (χ3n) is 8.62. The number of hydrogen-bond donors (Lipinski definition) is 3. The van der Waals surface area contributed by atoms with Crippen LogP contribution in [0.3, 0.4) is 0 Å². The fraction of sp³-hybridized carbons (Fsp3) is 0.395. The zero-order chi connectivity index (χ0) is 38.5. The number of amidine groups is 1. The van der Waals surface area contributed by atoms with Crippen molar-refractivity contribution in [3.05, 3.63) is 138 Å². The lowest BCUT2D eigenvalue weighted by atomic mass is 9.99. The minimum Gasteiger partial charge on any atom is -0.383 e. The van der Waals surface area contributed by atoms with Crippen LogP contribution in [0.4, 0.5) is 10.1 Å². The molecule has 2 unspecified atom stereocenters. The van der Waals surface area contributed by atoms with Gasteiger partial charge in [0.2, 0.25) is 0 Å². The number of halogens is 2. The molecule has 0 saturated carbocycles. The summed E-state index contributed by atoms with van der Waals surface area (Å²) >= 11 is 6.29. The van der Waals surface area contributed by atoms with Gasteiger partial charge >= 0.3 is 0 Å². The maximum Gasteiger partial charge on any atom is 0.151 e. The Bertz CT molecular complexity index is 1580. The number of hydrogen-bond acceptors (Lipinski definition) is 7. The Morgan fingerprint density at radius 1 is 1.04 bits per heavy atom. The number of aliphatic imine (C=N–C) groups is 1. The first-order valence-electron chi connectivity index (χ1n) is 18.3. The van der Waals surface area contributed by atoms with E-state index in [-0.39, 0.29) is 11.1 Å². The highest BCUT2D eigenvalue weighted by atomic mass is 35.5. The van der Waals surface area contributed by atoms with Crippen molar-refractivity contribution in [3.8, 4) is 0 Å². The van der Waals surface area contributed by atoms with Crippen LogP contribution in [0.2, 0.25) is 5.02 Å². The quantitative estimate of drug-likeness (QED) is 0.0893. The molecule has 9 heteroatoms. The Hall–Kier alpha value is -4.08. The Morgan fingerprint density at radius 3 is 2.37 bits per heavy atom. The number of pyridine rings is 1. The van der Waals surface area contributed by atoms with Gasteiger partial charge in [0, 0.05) is 61.1 Å². The Labute approximate surface area is 318 Å². The predicted molar refractivity (Wildman–Crippen MR) is 223 cm³/mol. The normalized spacial score (nSPS) is 14.1. The summed E-state index contributed by atoms with van der Waals surface area (Å²) in [6.45, 7) is 18.5. The predicted octanol–water partition coefficient (Wildman–Crippen LogP) is 9.27. The van der Waals surface area contributed by atoms with E-state index in [1.807, 2.05) is 69.6 Å². The molecule has 5 N–H and O–H groups in total. The summed E-state index contributed by atoms with van der Waals surface area (Å²) in [7, 11) is 3.99. The third kappa shape index (κ3) is 14.2. The molecular formula is C43H61ClFN7. The summed E-state index contributed by atoms with van der Waals surface area (Å²) in [5.74, 6) is -0.145. The Balaban J connectivity index is 0.00000178. The second-order valence-electron chi connectivity index (χ2n) is 12.9. The van der Waals surface area contributed by atoms with Gasteiger partial charge in [0.05, 0.1) is 10.7 Å². The van der Waals surface area contributed by atoms with E-state index in [1.165, 1.54) is 11.1 Å². The number of nitrogens with one attached hydrogen (secondary N) is 1. The molecule has 0 amide bonds. The van der Waals surface area contributed by atoms with E-state index in [2.05, 4.69) is 77.2 Å². The minimum atomic E-state index is -0.488. The van der Waals surface area contributed by atoms with Crippen LogP contribution in [-0.2, 0) is 12.8 Å². The molecule has 0 saturated heterocycles. The molecule has 0 spiro atoms. The van der Waals surface area contributed by atoms with Crippen LogP contribution < -0.4 is 21.7 Å². The molecule has 1 aliphatic heterocycles. The lowest BCUT2D eigenvalue weighted by Gasteiger charge is -2.32. The van der Waals surface area contributed by atoms with Crippen LogP contribution in [-0.4, -0.2) is 55.5 Å². The fourth-order valence-corrected chi connectivity index (χ4v) is 6.28. The molecule has 282 valence electrons. The molecular weight excluding hydrogens is 669 g/mol. The molecule has 1 aromatic heterocycles. The smallest absolute Gasteiger partial charge is 0.151 e. The third-order valence-corrected chi connectivity index (χ3v) is 8.90. The van der Waals surface area contributed by atoms with Gasteiger partial charge in [-0.15, -0.1) is 19.7 Å². The SMILES string of the molecule is C=C.C=CC.CCCC(c1ccc(N(C)/C=C2/C=C(c3cc(CCCC(C)N)cc(Cl)c3F)N=C2N)cc1)N(CCCNC)CCc1cccnc1. The summed E-state index contributed by atoms with van der Waals surface area (Å²) in [6, 6.07) is 16.9. The van der Waals surface area contributed by atoms with Crippen molar-refractivity contribution < 1.29 is 4.39 Å².